The Balaban J connectivity index is 1.71. The van der Waals surface area contributed by atoms with Crippen LogP contribution in [0.4, 0.5) is 0 Å². The highest BCUT2D eigenvalue weighted by molar-refractivity contribution is 14.1. The minimum Gasteiger partial charge on any atom is -0.497 e. The molecule has 0 heterocycles. The van der Waals surface area contributed by atoms with Crippen LogP contribution in [0.5, 0.6) is 17.2 Å². The van der Waals surface area contributed by atoms with E-state index in [0.717, 1.165) is 14.7 Å². The van der Waals surface area contributed by atoms with Crippen LogP contribution >= 0.6 is 34.2 Å². The lowest BCUT2D eigenvalue weighted by Crippen LogP contribution is -2.17. The van der Waals surface area contributed by atoms with E-state index in [2.05, 4.69) is 33.1 Å². The number of nitrogens with zero attached hydrogens (tertiary/aromatic N) is 1. The average molecular weight is 565 g/mol. The fraction of sp³-hybridized carbons (Fsp3) is 0.167. The van der Waals surface area contributed by atoms with E-state index < -0.39 is 0 Å². The van der Waals surface area contributed by atoms with Gasteiger partial charge in [0.05, 0.1) is 23.5 Å². The van der Waals surface area contributed by atoms with Crippen molar-refractivity contribution in [3.05, 3.63) is 85.9 Å². The first-order chi connectivity index (χ1) is 15.5. The number of amides is 1. The zero-order valence-corrected chi connectivity index (χ0v) is 20.5. The van der Waals surface area contributed by atoms with E-state index in [9.17, 15) is 4.79 Å². The normalized spacial score (nSPS) is 10.8. The van der Waals surface area contributed by atoms with Crippen molar-refractivity contribution in [1.29, 1.82) is 0 Å². The summed E-state index contributed by atoms with van der Waals surface area (Å²) in [6.45, 7) is 2.78. The molecule has 3 aromatic rings. The molecule has 0 spiro atoms. The molecule has 0 saturated heterocycles. The van der Waals surface area contributed by atoms with Crippen LogP contribution in [0.2, 0.25) is 5.02 Å². The Morgan fingerprint density at radius 3 is 2.62 bits per heavy atom. The van der Waals surface area contributed by atoms with Gasteiger partial charge in [-0.2, -0.15) is 5.10 Å². The van der Waals surface area contributed by atoms with Crippen molar-refractivity contribution in [2.24, 2.45) is 5.10 Å². The van der Waals surface area contributed by atoms with Gasteiger partial charge < -0.3 is 14.2 Å². The van der Waals surface area contributed by atoms with Crippen molar-refractivity contribution in [3.8, 4) is 17.2 Å². The number of hydrazone groups is 1. The summed E-state index contributed by atoms with van der Waals surface area (Å²) in [5.74, 6) is 1.53. The maximum atomic E-state index is 12.3. The highest BCUT2D eigenvalue weighted by Crippen LogP contribution is 2.34. The maximum Gasteiger partial charge on any atom is 0.271 e. The van der Waals surface area contributed by atoms with Crippen molar-refractivity contribution < 1.29 is 19.0 Å². The third kappa shape index (κ3) is 6.61. The van der Waals surface area contributed by atoms with E-state index in [-0.39, 0.29) is 5.91 Å². The average Bonchev–Trinajstić information content (AvgIpc) is 2.80. The van der Waals surface area contributed by atoms with Crippen LogP contribution in [-0.2, 0) is 6.61 Å². The second-order valence-electron chi connectivity index (χ2n) is 6.61. The van der Waals surface area contributed by atoms with Gasteiger partial charge in [0.25, 0.3) is 5.91 Å². The molecule has 0 saturated carbocycles. The summed E-state index contributed by atoms with van der Waals surface area (Å²) in [6, 6.07) is 18.1. The molecular formula is C24H22ClIN2O4. The van der Waals surface area contributed by atoms with Crippen molar-refractivity contribution >= 4 is 46.3 Å². The second-order valence-corrected chi connectivity index (χ2v) is 8.21. The molecule has 0 unspecified atom stereocenters. The van der Waals surface area contributed by atoms with Crippen LogP contribution in [0.3, 0.4) is 0 Å². The fourth-order valence-corrected chi connectivity index (χ4v) is 3.70. The monoisotopic (exact) mass is 564 g/mol. The van der Waals surface area contributed by atoms with E-state index >= 15 is 0 Å². The van der Waals surface area contributed by atoms with E-state index in [1.807, 2.05) is 43.3 Å². The number of halogens is 2. The summed E-state index contributed by atoms with van der Waals surface area (Å²) in [5, 5.41) is 4.75. The van der Waals surface area contributed by atoms with Crippen molar-refractivity contribution in [2.75, 3.05) is 13.7 Å². The molecule has 0 aromatic heterocycles. The third-order valence-corrected chi connectivity index (χ3v) is 5.39. The van der Waals surface area contributed by atoms with Gasteiger partial charge in [-0.15, -0.1) is 0 Å². The number of benzene rings is 3. The maximum absolute atomic E-state index is 12.3. The van der Waals surface area contributed by atoms with Crippen LogP contribution in [0.25, 0.3) is 0 Å². The Hall–Kier alpha value is -2.78. The predicted octanol–water partition coefficient (Wildman–Crippen LogP) is 5.69. The van der Waals surface area contributed by atoms with Gasteiger partial charge in [0.2, 0.25) is 0 Å². The standard InChI is InChI=1S/C24H22ClIN2O4/c1-3-31-22-12-17(14-27-28-24(29)18-5-4-6-20(13-18)30-2)11-21(26)23(22)32-15-16-7-9-19(25)10-8-16/h4-14H,3,15H2,1-2H3,(H,28,29)/b27-14+. The lowest BCUT2D eigenvalue weighted by atomic mass is 10.2. The molecule has 8 heteroatoms. The summed E-state index contributed by atoms with van der Waals surface area (Å²) in [7, 11) is 1.55. The SMILES string of the molecule is CCOc1cc(/C=N/NC(=O)c2cccc(OC)c2)cc(I)c1OCc1ccc(Cl)cc1. The lowest BCUT2D eigenvalue weighted by Gasteiger charge is -2.15. The quantitative estimate of drug-likeness (QED) is 0.206. The number of nitrogens with one attached hydrogen (secondary N) is 1. The molecule has 3 aromatic carbocycles. The Morgan fingerprint density at radius 2 is 1.91 bits per heavy atom. The molecule has 166 valence electrons. The minimum absolute atomic E-state index is 0.331. The number of ether oxygens (including phenoxy) is 3. The fourth-order valence-electron chi connectivity index (χ4n) is 2.80. The van der Waals surface area contributed by atoms with Crippen LogP contribution in [0, 0.1) is 3.57 Å². The van der Waals surface area contributed by atoms with Crippen molar-refractivity contribution in [2.45, 2.75) is 13.5 Å². The summed E-state index contributed by atoms with van der Waals surface area (Å²) in [5.41, 5.74) is 4.75. The third-order valence-electron chi connectivity index (χ3n) is 4.34. The number of carbonyl (C=O) groups excluding carboxylic acids is 1. The molecule has 32 heavy (non-hydrogen) atoms. The number of hydrogen-bond donors (Lipinski definition) is 1. The summed E-state index contributed by atoms with van der Waals surface area (Å²) in [4.78, 5) is 12.3. The molecule has 3 rings (SSSR count). The molecular weight excluding hydrogens is 543 g/mol. The van der Waals surface area contributed by atoms with Gasteiger partial charge in [-0.3, -0.25) is 4.79 Å². The molecule has 0 aliphatic heterocycles. The molecule has 0 atom stereocenters. The Bertz CT molecular complexity index is 1100. The van der Waals surface area contributed by atoms with Gasteiger partial charge in [0, 0.05) is 10.6 Å². The molecule has 0 fully saturated rings. The second kappa shape index (κ2) is 11.7. The Kier molecular flexibility index (Phi) is 8.75. The summed E-state index contributed by atoms with van der Waals surface area (Å²) >= 11 is 8.13. The summed E-state index contributed by atoms with van der Waals surface area (Å²) in [6.07, 6.45) is 1.56. The number of rotatable bonds is 9. The smallest absolute Gasteiger partial charge is 0.271 e. The molecule has 0 bridgehead atoms. The topological polar surface area (TPSA) is 69.2 Å². The number of methoxy groups -OCH3 is 1. The van der Waals surface area contributed by atoms with Gasteiger partial charge in [-0.25, -0.2) is 5.43 Å². The lowest BCUT2D eigenvalue weighted by molar-refractivity contribution is 0.0955. The van der Waals surface area contributed by atoms with Gasteiger partial charge >= 0.3 is 0 Å². The van der Waals surface area contributed by atoms with Crippen LogP contribution < -0.4 is 19.6 Å². The molecule has 0 radical (unpaired) electrons. The minimum atomic E-state index is -0.331. The number of hydrogen-bond acceptors (Lipinski definition) is 5. The predicted molar refractivity (Wildman–Crippen MR) is 134 cm³/mol. The molecule has 0 aliphatic carbocycles. The van der Waals surface area contributed by atoms with E-state index in [4.69, 9.17) is 25.8 Å². The number of carbonyl (C=O) groups is 1. The van der Waals surface area contributed by atoms with Crippen LogP contribution in [0.15, 0.2) is 65.8 Å². The largest absolute Gasteiger partial charge is 0.497 e. The van der Waals surface area contributed by atoms with Gasteiger partial charge in [-0.05, 0) is 83.1 Å². The van der Waals surface area contributed by atoms with E-state index in [1.165, 1.54) is 0 Å². The molecule has 0 aliphatic rings. The zero-order chi connectivity index (χ0) is 22.9. The zero-order valence-electron chi connectivity index (χ0n) is 17.6. The Labute approximate surface area is 205 Å². The van der Waals surface area contributed by atoms with Crippen LogP contribution in [0.1, 0.15) is 28.4 Å². The van der Waals surface area contributed by atoms with Gasteiger partial charge in [-0.1, -0.05) is 29.8 Å². The summed E-state index contributed by atoms with van der Waals surface area (Å²) < 4.78 is 17.8. The first-order valence-electron chi connectivity index (χ1n) is 9.81. The molecule has 1 N–H and O–H groups in total. The molecule has 1 amide bonds. The molecule has 6 nitrogen and oxygen atoms in total. The highest BCUT2D eigenvalue weighted by atomic mass is 127. The Morgan fingerprint density at radius 1 is 1.12 bits per heavy atom. The highest BCUT2D eigenvalue weighted by Gasteiger charge is 2.12. The first kappa shape index (κ1) is 23.9. The van der Waals surface area contributed by atoms with Crippen LogP contribution in [-0.4, -0.2) is 25.8 Å². The van der Waals surface area contributed by atoms with Crippen molar-refractivity contribution in [1.82, 2.24) is 5.43 Å². The van der Waals surface area contributed by atoms with Gasteiger partial charge in [0.15, 0.2) is 11.5 Å². The van der Waals surface area contributed by atoms with E-state index in [1.54, 1.807) is 37.6 Å². The van der Waals surface area contributed by atoms with E-state index in [0.29, 0.717) is 41.0 Å². The first-order valence-corrected chi connectivity index (χ1v) is 11.3. The van der Waals surface area contributed by atoms with Crippen molar-refractivity contribution in [3.63, 3.8) is 0 Å². The van der Waals surface area contributed by atoms with Gasteiger partial charge in [0.1, 0.15) is 12.4 Å².